The van der Waals surface area contributed by atoms with Crippen molar-refractivity contribution in [2.45, 2.75) is 84.2 Å². The third kappa shape index (κ3) is 1.71. The molecule has 4 aliphatic rings. The van der Waals surface area contributed by atoms with Gasteiger partial charge in [-0.2, -0.15) is 0 Å². The fourth-order valence-corrected chi connectivity index (χ4v) is 6.51. The highest BCUT2D eigenvalue weighted by atomic mass is 15.3. The van der Waals surface area contributed by atoms with Crippen LogP contribution in [-0.2, 0) is 0 Å². The Morgan fingerprint density at radius 1 is 0.950 bits per heavy atom. The molecule has 0 spiro atoms. The summed E-state index contributed by atoms with van der Waals surface area (Å²) in [6, 6.07) is 0.963. The normalized spacial score (nSPS) is 59.1. The lowest BCUT2D eigenvalue weighted by molar-refractivity contribution is -0.104. The fraction of sp³-hybridized carbons (Fsp3) is 1.00. The average Bonchev–Trinajstić information content (AvgIpc) is 3.12. The molecule has 1 nitrogen and oxygen atoms in total. The maximum absolute atomic E-state index is 3.01. The van der Waals surface area contributed by atoms with Gasteiger partial charge in [0, 0.05) is 11.6 Å². The molecule has 114 valence electrons. The lowest BCUT2D eigenvalue weighted by Gasteiger charge is -2.61. The molecule has 4 fully saturated rings. The Morgan fingerprint density at radius 3 is 2.55 bits per heavy atom. The van der Waals surface area contributed by atoms with E-state index in [0.717, 1.165) is 29.7 Å². The second-order valence-electron chi connectivity index (χ2n) is 9.36. The van der Waals surface area contributed by atoms with Gasteiger partial charge in [0.1, 0.15) is 0 Å². The second-order valence-corrected chi connectivity index (χ2v) is 9.36. The van der Waals surface area contributed by atoms with Gasteiger partial charge in [0.25, 0.3) is 0 Å². The van der Waals surface area contributed by atoms with Gasteiger partial charge in [0.15, 0.2) is 0 Å². The van der Waals surface area contributed by atoms with Crippen LogP contribution in [-0.4, -0.2) is 23.0 Å². The summed E-state index contributed by atoms with van der Waals surface area (Å²) in [4.78, 5) is 3.01. The van der Waals surface area contributed by atoms with Gasteiger partial charge in [-0.25, -0.2) is 0 Å². The summed E-state index contributed by atoms with van der Waals surface area (Å²) in [5.74, 6) is 3.96. The van der Waals surface area contributed by atoms with Gasteiger partial charge >= 0.3 is 0 Å². The van der Waals surface area contributed by atoms with Crippen molar-refractivity contribution in [1.82, 2.24) is 4.90 Å². The van der Waals surface area contributed by atoms with Crippen molar-refractivity contribution in [2.24, 2.45) is 29.1 Å². The second kappa shape index (κ2) is 4.24. The Labute approximate surface area is 125 Å². The fourth-order valence-electron chi connectivity index (χ4n) is 6.51. The molecular weight excluding hydrogens is 242 g/mol. The van der Waals surface area contributed by atoms with Crippen molar-refractivity contribution in [1.29, 1.82) is 0 Å². The van der Waals surface area contributed by atoms with E-state index in [1.165, 1.54) is 45.1 Å². The van der Waals surface area contributed by atoms with E-state index in [0.29, 0.717) is 11.0 Å². The summed E-state index contributed by atoms with van der Waals surface area (Å²) < 4.78 is 0. The molecule has 20 heavy (non-hydrogen) atoms. The highest BCUT2D eigenvalue weighted by Gasteiger charge is 2.63. The van der Waals surface area contributed by atoms with Crippen LogP contribution < -0.4 is 0 Å². The summed E-state index contributed by atoms with van der Waals surface area (Å²) >= 11 is 0. The highest BCUT2D eigenvalue weighted by molar-refractivity contribution is 5.16. The Bertz CT molecular complexity index is 405. The first-order valence-electron chi connectivity index (χ1n) is 9.21. The molecule has 0 amide bonds. The summed E-state index contributed by atoms with van der Waals surface area (Å²) in [6.07, 6.45) is 10.4. The van der Waals surface area contributed by atoms with Crippen molar-refractivity contribution >= 4 is 0 Å². The Morgan fingerprint density at radius 2 is 1.75 bits per heavy atom. The van der Waals surface area contributed by atoms with Crippen LogP contribution in [0.4, 0.5) is 0 Å². The van der Waals surface area contributed by atoms with E-state index in [1.807, 2.05) is 0 Å². The van der Waals surface area contributed by atoms with Crippen LogP contribution in [0, 0.1) is 29.1 Å². The first-order valence-corrected chi connectivity index (χ1v) is 9.21. The Kier molecular flexibility index (Phi) is 2.89. The predicted octanol–water partition coefficient (Wildman–Crippen LogP) is 4.71. The molecule has 0 radical (unpaired) electrons. The zero-order valence-electron chi connectivity index (χ0n) is 14.0. The maximum Gasteiger partial charge on any atom is 0.0243 e. The predicted molar refractivity (Wildman–Crippen MR) is 84.6 cm³/mol. The molecule has 2 saturated heterocycles. The molecule has 0 aromatic heterocycles. The van der Waals surface area contributed by atoms with Gasteiger partial charge in [-0.1, -0.05) is 27.2 Å². The van der Waals surface area contributed by atoms with Crippen molar-refractivity contribution in [3.05, 3.63) is 0 Å². The van der Waals surface area contributed by atoms with E-state index in [1.54, 1.807) is 6.42 Å². The number of nitrogens with zero attached hydrogens (tertiary/aromatic N) is 1. The molecule has 0 aromatic carbocycles. The largest absolute Gasteiger partial charge is 0.294 e. The maximum atomic E-state index is 3.01. The van der Waals surface area contributed by atoms with Crippen LogP contribution in [0.5, 0.6) is 0 Å². The van der Waals surface area contributed by atoms with E-state index >= 15 is 0 Å². The van der Waals surface area contributed by atoms with Crippen LogP contribution in [0.3, 0.4) is 0 Å². The highest BCUT2D eigenvalue weighted by Crippen LogP contribution is 2.63. The summed E-state index contributed by atoms with van der Waals surface area (Å²) in [6.45, 7) is 11.7. The van der Waals surface area contributed by atoms with E-state index in [4.69, 9.17) is 0 Å². The molecule has 2 aliphatic heterocycles. The minimum absolute atomic E-state index is 0.491. The molecule has 2 heterocycles. The van der Waals surface area contributed by atoms with Gasteiger partial charge in [-0.15, -0.1) is 0 Å². The smallest absolute Gasteiger partial charge is 0.0243 e. The van der Waals surface area contributed by atoms with Crippen molar-refractivity contribution in [2.75, 3.05) is 6.54 Å². The van der Waals surface area contributed by atoms with Crippen LogP contribution in [0.25, 0.3) is 0 Å². The topological polar surface area (TPSA) is 3.24 Å². The van der Waals surface area contributed by atoms with Gasteiger partial charge < -0.3 is 0 Å². The molecule has 0 aromatic rings. The van der Waals surface area contributed by atoms with E-state index in [-0.39, 0.29) is 0 Å². The summed E-state index contributed by atoms with van der Waals surface area (Å²) in [5, 5.41) is 0. The Hall–Kier alpha value is -0.0400. The lowest BCUT2D eigenvalue weighted by atomic mass is 9.52. The molecule has 0 bridgehead atoms. The van der Waals surface area contributed by atoms with Crippen LogP contribution in [0.1, 0.15) is 72.6 Å². The molecule has 0 N–H and O–H groups in total. The Balaban J connectivity index is 1.75. The molecular formula is C19H33N. The average molecular weight is 275 g/mol. The number of hydrogen-bond acceptors (Lipinski definition) is 1. The van der Waals surface area contributed by atoms with E-state index < -0.39 is 0 Å². The van der Waals surface area contributed by atoms with E-state index in [9.17, 15) is 0 Å². The molecule has 2 saturated carbocycles. The summed E-state index contributed by atoms with van der Waals surface area (Å²) in [5.41, 5.74) is 1.08. The van der Waals surface area contributed by atoms with Crippen molar-refractivity contribution < 1.29 is 0 Å². The zero-order valence-corrected chi connectivity index (χ0v) is 14.0. The number of hydrogen-bond donors (Lipinski definition) is 0. The van der Waals surface area contributed by atoms with Gasteiger partial charge in [-0.3, -0.25) is 4.90 Å². The van der Waals surface area contributed by atoms with Crippen LogP contribution in [0.2, 0.25) is 0 Å². The SMILES string of the molecule is CC1CCC2(C)C(C1)CC1CC1N1CCC(C)CC12C. The standard InChI is InChI=1S/C19H33N/c1-13-5-7-18(3)16(9-13)10-15-11-17(15)20-8-6-14(2)12-19(18,20)4/h13-17H,5-12H2,1-4H3. The zero-order chi connectivity index (χ0) is 14.1. The number of rotatable bonds is 0. The minimum Gasteiger partial charge on any atom is -0.294 e. The monoisotopic (exact) mass is 275 g/mol. The lowest BCUT2D eigenvalue weighted by Crippen LogP contribution is -2.63. The van der Waals surface area contributed by atoms with E-state index in [2.05, 4.69) is 32.6 Å². The molecule has 2 aliphatic carbocycles. The van der Waals surface area contributed by atoms with Crippen LogP contribution >= 0.6 is 0 Å². The van der Waals surface area contributed by atoms with Crippen LogP contribution in [0.15, 0.2) is 0 Å². The molecule has 1 heteroatoms. The third-order valence-corrected chi connectivity index (χ3v) is 8.09. The number of piperidine rings is 1. The van der Waals surface area contributed by atoms with Crippen molar-refractivity contribution in [3.63, 3.8) is 0 Å². The van der Waals surface area contributed by atoms with Gasteiger partial charge in [-0.05, 0) is 81.1 Å². The van der Waals surface area contributed by atoms with Gasteiger partial charge in [0.05, 0.1) is 0 Å². The summed E-state index contributed by atoms with van der Waals surface area (Å²) in [7, 11) is 0. The first-order chi connectivity index (χ1) is 9.44. The third-order valence-electron chi connectivity index (χ3n) is 8.09. The first kappa shape index (κ1) is 13.6. The molecule has 7 unspecified atom stereocenters. The molecule has 7 atom stereocenters. The van der Waals surface area contributed by atoms with Gasteiger partial charge in [0.2, 0.25) is 0 Å². The number of fused-ring (bicyclic) bond motifs is 5. The van der Waals surface area contributed by atoms with Crippen molar-refractivity contribution in [3.8, 4) is 0 Å². The molecule has 4 rings (SSSR count). The quantitative estimate of drug-likeness (QED) is 0.619. The minimum atomic E-state index is 0.491.